The summed E-state index contributed by atoms with van der Waals surface area (Å²) in [6.45, 7) is 1.88. The predicted octanol–water partition coefficient (Wildman–Crippen LogP) is 4.05. The van der Waals surface area contributed by atoms with Gasteiger partial charge in [0.05, 0.1) is 13.5 Å². The number of hydrogen-bond donors (Lipinski definition) is 2. The minimum Gasteiger partial charge on any atom is -0.469 e. The molecule has 0 bridgehead atoms. The number of carbonyl (C=O) groups excluding carboxylic acids is 2. The molecule has 0 saturated heterocycles. The second kappa shape index (κ2) is 10.7. The highest BCUT2D eigenvalue weighted by molar-refractivity contribution is 7.98. The normalized spacial score (nSPS) is 9.92. The summed E-state index contributed by atoms with van der Waals surface area (Å²) < 4.78 is 4.62. The number of esters is 1. The summed E-state index contributed by atoms with van der Waals surface area (Å²) in [5.41, 5.74) is 9.59. The van der Waals surface area contributed by atoms with Crippen LogP contribution in [-0.4, -0.2) is 24.7 Å². The smallest absolute Gasteiger partial charge is 0.306 e. The fourth-order valence-electron chi connectivity index (χ4n) is 2.27. The van der Waals surface area contributed by atoms with Gasteiger partial charge in [0.25, 0.3) is 5.91 Å². The second-order valence-corrected chi connectivity index (χ2v) is 6.71. The summed E-state index contributed by atoms with van der Waals surface area (Å²) in [5.74, 6) is 1.08. The lowest BCUT2D eigenvalue weighted by atomic mass is 10.1. The molecule has 0 aromatic heterocycles. The number of benzene rings is 2. The van der Waals surface area contributed by atoms with Gasteiger partial charge >= 0.3 is 5.97 Å². The maximum atomic E-state index is 12.4. The van der Waals surface area contributed by atoms with Gasteiger partial charge in [-0.3, -0.25) is 9.59 Å². The van der Waals surface area contributed by atoms with Crippen molar-refractivity contribution in [1.29, 1.82) is 0 Å². The maximum Gasteiger partial charge on any atom is 0.306 e. The molecule has 0 aliphatic heterocycles. The summed E-state index contributed by atoms with van der Waals surface area (Å²) in [5, 5.41) is 2.91. The van der Waals surface area contributed by atoms with E-state index in [0.717, 1.165) is 22.6 Å². The van der Waals surface area contributed by atoms with Crippen molar-refractivity contribution in [2.24, 2.45) is 0 Å². The van der Waals surface area contributed by atoms with Gasteiger partial charge in [-0.1, -0.05) is 18.2 Å². The molecule has 0 radical (unpaired) electrons. The number of nitrogens with two attached hydrogens (primary N) is 1. The first-order chi connectivity index (χ1) is 12.0. The number of thioether (sulfide) groups is 1. The average Bonchev–Trinajstić information content (AvgIpc) is 2.60. The average molecular weight is 395 g/mol. The molecule has 0 aliphatic rings. The van der Waals surface area contributed by atoms with E-state index in [1.807, 2.05) is 37.3 Å². The molecule has 2 aromatic carbocycles. The molecule has 0 spiro atoms. The largest absolute Gasteiger partial charge is 0.469 e. The lowest BCUT2D eigenvalue weighted by Crippen LogP contribution is -2.13. The lowest BCUT2D eigenvalue weighted by molar-refractivity contribution is -0.140. The molecule has 2 rings (SSSR count). The first-order valence-corrected chi connectivity index (χ1v) is 9.06. The molecule has 0 atom stereocenters. The Labute approximate surface area is 164 Å². The van der Waals surface area contributed by atoms with Gasteiger partial charge in [-0.15, -0.1) is 12.4 Å². The topological polar surface area (TPSA) is 81.4 Å². The maximum absolute atomic E-state index is 12.4. The van der Waals surface area contributed by atoms with Gasteiger partial charge in [0, 0.05) is 28.4 Å². The van der Waals surface area contributed by atoms with Crippen LogP contribution in [0.2, 0.25) is 0 Å². The first kappa shape index (κ1) is 21.9. The van der Waals surface area contributed by atoms with Crippen LogP contribution < -0.4 is 11.1 Å². The third-order valence-electron chi connectivity index (χ3n) is 3.64. The lowest BCUT2D eigenvalue weighted by Gasteiger charge is -2.10. The van der Waals surface area contributed by atoms with Crippen molar-refractivity contribution in [3.05, 3.63) is 59.2 Å². The van der Waals surface area contributed by atoms with Gasteiger partial charge in [-0.2, -0.15) is 11.8 Å². The van der Waals surface area contributed by atoms with Gasteiger partial charge in [0.2, 0.25) is 0 Å². The quantitative estimate of drug-likeness (QED) is 0.420. The fourth-order valence-corrected chi connectivity index (χ4v) is 3.14. The van der Waals surface area contributed by atoms with E-state index in [-0.39, 0.29) is 24.3 Å². The molecule has 7 heteroatoms. The molecule has 0 saturated carbocycles. The van der Waals surface area contributed by atoms with E-state index in [2.05, 4.69) is 10.1 Å². The molecule has 0 heterocycles. The van der Waals surface area contributed by atoms with Gasteiger partial charge in [-0.25, -0.2) is 0 Å². The molecular formula is C19H23ClN2O3S. The van der Waals surface area contributed by atoms with Crippen LogP contribution in [0, 0.1) is 6.92 Å². The third-order valence-corrected chi connectivity index (χ3v) is 4.67. The molecule has 5 nitrogen and oxygen atoms in total. The van der Waals surface area contributed by atoms with Crippen LogP contribution in [-0.2, 0) is 15.3 Å². The minimum absolute atomic E-state index is 0. The molecular weight excluding hydrogens is 372 g/mol. The van der Waals surface area contributed by atoms with Crippen molar-refractivity contribution in [2.45, 2.75) is 19.1 Å². The number of carbonyl (C=O) groups is 2. The number of rotatable bonds is 7. The first-order valence-electron chi connectivity index (χ1n) is 7.90. The Bertz CT molecular complexity index is 768. The van der Waals surface area contributed by atoms with Crippen molar-refractivity contribution >= 4 is 47.4 Å². The number of aryl methyl sites for hydroxylation is 1. The summed E-state index contributed by atoms with van der Waals surface area (Å²) in [6, 6.07) is 13.0. The van der Waals surface area contributed by atoms with Crippen molar-refractivity contribution in [1.82, 2.24) is 0 Å². The van der Waals surface area contributed by atoms with E-state index in [4.69, 9.17) is 5.73 Å². The number of methoxy groups -OCH3 is 1. The summed E-state index contributed by atoms with van der Waals surface area (Å²) in [6.07, 6.45) is 0.395. The van der Waals surface area contributed by atoms with Gasteiger partial charge in [0.1, 0.15) is 0 Å². The van der Waals surface area contributed by atoms with Gasteiger partial charge in [-0.05, 0) is 42.3 Å². The number of hydrogen-bond acceptors (Lipinski definition) is 5. The number of ether oxygens (including phenoxy) is 1. The number of halogens is 1. The molecule has 2 aromatic rings. The van der Waals surface area contributed by atoms with E-state index in [1.54, 1.807) is 23.9 Å². The summed E-state index contributed by atoms with van der Waals surface area (Å²) in [7, 11) is 1.39. The van der Waals surface area contributed by atoms with Crippen molar-refractivity contribution in [3.63, 3.8) is 0 Å². The zero-order valence-corrected chi connectivity index (χ0v) is 16.4. The monoisotopic (exact) mass is 394 g/mol. The molecule has 0 unspecified atom stereocenters. The number of anilines is 2. The Morgan fingerprint density at radius 1 is 1.19 bits per heavy atom. The van der Waals surface area contributed by atoms with Crippen LogP contribution in [0.15, 0.2) is 42.5 Å². The Morgan fingerprint density at radius 2 is 1.96 bits per heavy atom. The molecule has 3 N–H and O–H groups in total. The van der Waals surface area contributed by atoms with Crippen molar-refractivity contribution < 1.29 is 14.3 Å². The predicted molar refractivity (Wildman–Crippen MR) is 110 cm³/mol. The van der Waals surface area contributed by atoms with E-state index in [1.165, 1.54) is 7.11 Å². The Morgan fingerprint density at radius 3 is 2.69 bits per heavy atom. The van der Waals surface area contributed by atoms with E-state index >= 15 is 0 Å². The number of amides is 1. The summed E-state index contributed by atoms with van der Waals surface area (Å²) >= 11 is 1.65. The van der Waals surface area contributed by atoms with Crippen LogP contribution in [0.3, 0.4) is 0 Å². The SMILES string of the molecule is COC(=O)CCSCc1cccc(NC(=O)c2cc(N)ccc2C)c1.Cl. The van der Waals surface area contributed by atoms with Crippen LogP contribution in [0.1, 0.15) is 27.9 Å². The van der Waals surface area contributed by atoms with Gasteiger partial charge < -0.3 is 15.8 Å². The van der Waals surface area contributed by atoms with Crippen LogP contribution in [0.5, 0.6) is 0 Å². The van der Waals surface area contributed by atoms with Crippen molar-refractivity contribution in [2.75, 3.05) is 23.9 Å². The fraction of sp³-hybridized carbons (Fsp3) is 0.263. The Kier molecular flexibility index (Phi) is 9.02. The van der Waals surface area contributed by atoms with Gasteiger partial charge in [0.15, 0.2) is 0 Å². The molecule has 0 aliphatic carbocycles. The Balaban J connectivity index is 0.00000338. The number of nitrogen functional groups attached to an aromatic ring is 1. The van der Waals surface area contributed by atoms with E-state index < -0.39 is 0 Å². The van der Waals surface area contributed by atoms with Crippen LogP contribution in [0.25, 0.3) is 0 Å². The van der Waals surface area contributed by atoms with E-state index in [9.17, 15) is 9.59 Å². The zero-order valence-electron chi connectivity index (χ0n) is 14.8. The molecule has 1 amide bonds. The molecule has 140 valence electrons. The highest BCUT2D eigenvalue weighted by Gasteiger charge is 2.10. The zero-order chi connectivity index (χ0) is 18.2. The number of nitrogens with one attached hydrogen (secondary N) is 1. The van der Waals surface area contributed by atoms with Crippen molar-refractivity contribution in [3.8, 4) is 0 Å². The molecule has 26 heavy (non-hydrogen) atoms. The second-order valence-electron chi connectivity index (χ2n) is 5.61. The minimum atomic E-state index is -0.203. The van der Waals surface area contributed by atoms with Crippen LogP contribution >= 0.6 is 24.2 Å². The van der Waals surface area contributed by atoms with E-state index in [0.29, 0.717) is 23.4 Å². The summed E-state index contributed by atoms with van der Waals surface area (Å²) in [4.78, 5) is 23.5. The highest BCUT2D eigenvalue weighted by Crippen LogP contribution is 2.19. The molecule has 0 fully saturated rings. The standard InChI is InChI=1S/C19H22N2O3S.ClH/c1-13-6-7-15(20)11-17(13)19(23)21-16-5-3-4-14(10-16)12-25-9-8-18(22)24-2;/h3-7,10-11H,8-9,12,20H2,1-2H3,(H,21,23);1H. The highest BCUT2D eigenvalue weighted by atomic mass is 35.5. The third kappa shape index (κ3) is 6.61. The van der Waals surface area contributed by atoms with Crippen LogP contribution in [0.4, 0.5) is 11.4 Å². The Hall–Kier alpha value is -2.18.